The molecule has 4 aromatic rings. The number of anilines is 1. The molecule has 1 N–H and O–H groups in total. The summed E-state index contributed by atoms with van der Waals surface area (Å²) in [6, 6.07) is 15.2. The fourth-order valence-electron chi connectivity index (χ4n) is 2.70. The molecule has 4 rings (SSSR count). The number of hydrogen-bond acceptors (Lipinski definition) is 6. The van der Waals surface area contributed by atoms with E-state index in [1.165, 1.54) is 11.3 Å². The average Bonchev–Trinajstić information content (AvgIpc) is 3.28. The standard InChI is InChI=1S/C20H16N4OS2/c1-12-18(27-13(2)21-12)17-11-26-20(23-17)24-19(25)16-10-6-9-15(22-16)14-7-4-3-5-8-14/h3-11H,1-2H3,(H,23,24,25). The zero-order valence-electron chi connectivity index (χ0n) is 14.8. The zero-order chi connectivity index (χ0) is 18.8. The van der Waals surface area contributed by atoms with E-state index in [0.717, 1.165) is 32.5 Å². The Morgan fingerprint density at radius 3 is 2.48 bits per heavy atom. The highest BCUT2D eigenvalue weighted by Crippen LogP contribution is 2.32. The number of nitrogens with one attached hydrogen (secondary N) is 1. The molecule has 0 aliphatic heterocycles. The molecule has 0 aliphatic rings. The van der Waals surface area contributed by atoms with Gasteiger partial charge in [0.1, 0.15) is 5.69 Å². The molecule has 0 fully saturated rings. The molecule has 1 aromatic carbocycles. The van der Waals surface area contributed by atoms with Gasteiger partial charge in [0.25, 0.3) is 5.91 Å². The third kappa shape index (κ3) is 3.79. The van der Waals surface area contributed by atoms with Gasteiger partial charge in [-0.1, -0.05) is 36.4 Å². The molecule has 0 saturated carbocycles. The molecule has 7 heteroatoms. The van der Waals surface area contributed by atoms with Gasteiger partial charge in [-0.25, -0.2) is 15.0 Å². The number of hydrogen-bond donors (Lipinski definition) is 1. The van der Waals surface area contributed by atoms with Gasteiger partial charge in [-0.3, -0.25) is 10.1 Å². The SMILES string of the molecule is Cc1nc(C)c(-c2csc(NC(=O)c3cccc(-c4ccccc4)n3)n2)s1. The summed E-state index contributed by atoms with van der Waals surface area (Å²) in [7, 11) is 0. The summed E-state index contributed by atoms with van der Waals surface area (Å²) < 4.78 is 0. The Hall–Kier alpha value is -2.90. The van der Waals surface area contributed by atoms with Crippen LogP contribution in [0, 0.1) is 13.8 Å². The Bertz CT molecular complexity index is 1100. The lowest BCUT2D eigenvalue weighted by Crippen LogP contribution is -2.13. The Balaban J connectivity index is 1.54. The smallest absolute Gasteiger partial charge is 0.276 e. The van der Waals surface area contributed by atoms with Crippen molar-refractivity contribution in [2.45, 2.75) is 13.8 Å². The summed E-state index contributed by atoms with van der Waals surface area (Å²) in [5.74, 6) is -0.272. The molecule has 0 atom stereocenters. The van der Waals surface area contributed by atoms with Gasteiger partial charge in [-0.05, 0) is 26.0 Å². The molecule has 0 spiro atoms. The maximum Gasteiger partial charge on any atom is 0.276 e. The number of amides is 1. The highest BCUT2D eigenvalue weighted by molar-refractivity contribution is 7.16. The molecule has 0 unspecified atom stereocenters. The highest BCUT2D eigenvalue weighted by atomic mass is 32.1. The Kier molecular flexibility index (Phi) is 4.79. The van der Waals surface area contributed by atoms with Gasteiger partial charge < -0.3 is 0 Å². The van der Waals surface area contributed by atoms with Crippen molar-refractivity contribution in [3.05, 3.63) is 70.3 Å². The van der Waals surface area contributed by atoms with Crippen molar-refractivity contribution in [1.29, 1.82) is 0 Å². The maximum absolute atomic E-state index is 12.6. The highest BCUT2D eigenvalue weighted by Gasteiger charge is 2.14. The fraction of sp³-hybridized carbons (Fsp3) is 0.100. The van der Waals surface area contributed by atoms with Crippen molar-refractivity contribution < 1.29 is 4.79 Å². The molecule has 0 radical (unpaired) electrons. The lowest BCUT2D eigenvalue weighted by atomic mass is 10.1. The number of aryl methyl sites for hydroxylation is 2. The molecule has 0 saturated heterocycles. The number of thiazole rings is 2. The average molecular weight is 393 g/mol. The van der Waals surface area contributed by atoms with Gasteiger partial charge in [0.05, 0.1) is 27.0 Å². The number of aromatic nitrogens is 3. The van der Waals surface area contributed by atoms with Crippen LogP contribution in [0.2, 0.25) is 0 Å². The summed E-state index contributed by atoms with van der Waals surface area (Å²) in [5, 5.41) is 6.33. The van der Waals surface area contributed by atoms with Gasteiger partial charge in [0, 0.05) is 10.9 Å². The molecule has 0 bridgehead atoms. The minimum Gasteiger partial charge on any atom is -0.296 e. The number of carbonyl (C=O) groups is 1. The topological polar surface area (TPSA) is 67.8 Å². The van der Waals surface area contributed by atoms with Crippen LogP contribution in [0.4, 0.5) is 5.13 Å². The summed E-state index contributed by atoms with van der Waals surface area (Å²) in [5.41, 5.74) is 3.89. The number of carbonyl (C=O) groups excluding carboxylic acids is 1. The molecule has 3 aromatic heterocycles. The molecule has 27 heavy (non-hydrogen) atoms. The third-order valence-electron chi connectivity index (χ3n) is 3.91. The summed E-state index contributed by atoms with van der Waals surface area (Å²) in [6.45, 7) is 3.94. The predicted molar refractivity (Wildman–Crippen MR) is 110 cm³/mol. The zero-order valence-corrected chi connectivity index (χ0v) is 16.4. The van der Waals surface area contributed by atoms with Crippen LogP contribution in [0.3, 0.4) is 0 Å². The molecule has 3 heterocycles. The van der Waals surface area contributed by atoms with Crippen LogP contribution in [0.15, 0.2) is 53.9 Å². The summed E-state index contributed by atoms with van der Waals surface area (Å²) >= 11 is 3.00. The van der Waals surface area contributed by atoms with E-state index in [9.17, 15) is 4.79 Å². The van der Waals surface area contributed by atoms with Crippen LogP contribution < -0.4 is 5.32 Å². The first-order chi connectivity index (χ1) is 13.1. The van der Waals surface area contributed by atoms with Crippen LogP contribution in [-0.4, -0.2) is 20.9 Å². The quantitative estimate of drug-likeness (QED) is 0.518. The normalized spacial score (nSPS) is 10.7. The van der Waals surface area contributed by atoms with Crippen molar-refractivity contribution in [1.82, 2.24) is 15.0 Å². The maximum atomic E-state index is 12.6. The van der Waals surface area contributed by atoms with Crippen molar-refractivity contribution in [3.8, 4) is 21.8 Å². The van der Waals surface area contributed by atoms with Crippen LogP contribution in [0.25, 0.3) is 21.8 Å². The predicted octanol–water partition coefficient (Wildman–Crippen LogP) is 5.20. The monoisotopic (exact) mass is 392 g/mol. The lowest BCUT2D eigenvalue weighted by molar-refractivity contribution is 0.102. The van der Waals surface area contributed by atoms with Gasteiger partial charge in [0.2, 0.25) is 0 Å². The van der Waals surface area contributed by atoms with Gasteiger partial charge >= 0.3 is 0 Å². The van der Waals surface area contributed by atoms with E-state index in [-0.39, 0.29) is 5.91 Å². The number of rotatable bonds is 4. The van der Waals surface area contributed by atoms with Crippen LogP contribution >= 0.6 is 22.7 Å². The molecule has 134 valence electrons. The second-order valence-electron chi connectivity index (χ2n) is 5.91. The molecule has 5 nitrogen and oxygen atoms in total. The van der Waals surface area contributed by atoms with E-state index in [1.54, 1.807) is 17.4 Å². The Morgan fingerprint density at radius 1 is 0.926 bits per heavy atom. The van der Waals surface area contributed by atoms with Crippen molar-refractivity contribution in [3.63, 3.8) is 0 Å². The van der Waals surface area contributed by atoms with Crippen molar-refractivity contribution >= 4 is 33.7 Å². The first kappa shape index (κ1) is 17.5. The van der Waals surface area contributed by atoms with Crippen LogP contribution in [0.1, 0.15) is 21.2 Å². The second kappa shape index (κ2) is 7.38. The lowest BCUT2D eigenvalue weighted by Gasteiger charge is -2.04. The van der Waals surface area contributed by atoms with Crippen LogP contribution in [0.5, 0.6) is 0 Å². The van der Waals surface area contributed by atoms with E-state index < -0.39 is 0 Å². The Morgan fingerprint density at radius 2 is 1.74 bits per heavy atom. The largest absolute Gasteiger partial charge is 0.296 e. The van der Waals surface area contributed by atoms with E-state index in [1.807, 2.05) is 61.7 Å². The van der Waals surface area contributed by atoms with E-state index in [4.69, 9.17) is 0 Å². The summed E-state index contributed by atoms with van der Waals surface area (Å²) in [6.07, 6.45) is 0. The number of nitrogens with zero attached hydrogens (tertiary/aromatic N) is 3. The first-order valence-corrected chi connectivity index (χ1v) is 10.0. The third-order valence-corrected chi connectivity index (χ3v) is 5.77. The van der Waals surface area contributed by atoms with E-state index in [0.29, 0.717) is 10.8 Å². The Labute approximate surface area is 164 Å². The molecule has 1 amide bonds. The van der Waals surface area contributed by atoms with Crippen molar-refractivity contribution in [2.75, 3.05) is 5.32 Å². The van der Waals surface area contributed by atoms with Crippen LogP contribution in [-0.2, 0) is 0 Å². The van der Waals surface area contributed by atoms with Crippen molar-refractivity contribution in [2.24, 2.45) is 0 Å². The number of benzene rings is 1. The fourth-order valence-corrected chi connectivity index (χ4v) is 4.35. The molecular formula is C20H16N4OS2. The minimum absolute atomic E-state index is 0.272. The number of pyridine rings is 1. The van der Waals surface area contributed by atoms with Gasteiger partial charge in [-0.2, -0.15) is 0 Å². The molecular weight excluding hydrogens is 376 g/mol. The van der Waals surface area contributed by atoms with E-state index >= 15 is 0 Å². The van der Waals surface area contributed by atoms with Gasteiger partial charge in [-0.15, -0.1) is 22.7 Å². The molecule has 0 aliphatic carbocycles. The summed E-state index contributed by atoms with van der Waals surface area (Å²) in [4.78, 5) is 27.1. The second-order valence-corrected chi connectivity index (χ2v) is 7.97. The first-order valence-electron chi connectivity index (χ1n) is 8.34. The minimum atomic E-state index is -0.272. The van der Waals surface area contributed by atoms with E-state index in [2.05, 4.69) is 20.3 Å². The van der Waals surface area contributed by atoms with Gasteiger partial charge in [0.15, 0.2) is 5.13 Å².